The summed E-state index contributed by atoms with van der Waals surface area (Å²) in [6.45, 7) is 4.38. The van der Waals surface area contributed by atoms with Crippen LogP contribution in [0, 0.1) is 11.3 Å². The second-order valence-electron chi connectivity index (χ2n) is 5.65. The van der Waals surface area contributed by atoms with Gasteiger partial charge < -0.3 is 9.84 Å². The smallest absolute Gasteiger partial charge is 0.203 e. The third-order valence-electron chi connectivity index (χ3n) is 4.12. The number of hydrogen-bond acceptors (Lipinski definition) is 5. The third kappa shape index (κ3) is 2.22. The van der Waals surface area contributed by atoms with Gasteiger partial charge in [0.1, 0.15) is 17.3 Å². The van der Waals surface area contributed by atoms with Crippen molar-refractivity contribution in [3.63, 3.8) is 0 Å². The van der Waals surface area contributed by atoms with Gasteiger partial charge in [-0.05, 0) is 33.3 Å². The zero-order valence-corrected chi connectivity index (χ0v) is 11.8. The molecule has 1 aliphatic heterocycles. The largest absolute Gasteiger partial charge is 0.488 e. The van der Waals surface area contributed by atoms with E-state index in [2.05, 4.69) is 0 Å². The Morgan fingerprint density at radius 1 is 1.45 bits per heavy atom. The second-order valence-corrected chi connectivity index (χ2v) is 5.65. The van der Waals surface area contributed by atoms with Gasteiger partial charge in [0.05, 0.1) is 23.0 Å². The molecule has 0 fully saturated rings. The minimum Gasteiger partial charge on any atom is -0.488 e. The fourth-order valence-electron chi connectivity index (χ4n) is 2.81. The van der Waals surface area contributed by atoms with E-state index in [0.29, 0.717) is 11.3 Å². The van der Waals surface area contributed by atoms with Gasteiger partial charge >= 0.3 is 0 Å². The molecule has 0 amide bonds. The highest BCUT2D eigenvalue weighted by Crippen LogP contribution is 2.45. The van der Waals surface area contributed by atoms with Crippen molar-refractivity contribution in [2.45, 2.75) is 33.3 Å². The molecule has 20 heavy (non-hydrogen) atoms. The Balaban J connectivity index is 2.39. The predicted molar refractivity (Wildman–Crippen MR) is 70.7 cm³/mol. The summed E-state index contributed by atoms with van der Waals surface area (Å²) in [4.78, 5) is 34.9. The number of Topliss-reactive ketones (excluding diaryl/α,β-unsaturated/α-hetero) is 3. The molecular formula is C15H18O5. The van der Waals surface area contributed by atoms with E-state index in [1.54, 1.807) is 13.0 Å². The van der Waals surface area contributed by atoms with Gasteiger partial charge in [-0.2, -0.15) is 0 Å². The summed E-state index contributed by atoms with van der Waals surface area (Å²) in [6, 6.07) is 0. The minimum absolute atomic E-state index is 0.0534. The molecule has 2 rings (SSSR count). The van der Waals surface area contributed by atoms with Crippen LogP contribution in [0.15, 0.2) is 23.5 Å². The number of hydrogen-bond donors (Lipinski definition) is 1. The first kappa shape index (κ1) is 14.7. The number of carbonyl (C=O) groups is 3. The first-order chi connectivity index (χ1) is 9.27. The van der Waals surface area contributed by atoms with E-state index in [9.17, 15) is 19.5 Å². The molecule has 2 aliphatic rings. The molecule has 0 radical (unpaired) electrons. The minimum atomic E-state index is -0.932. The van der Waals surface area contributed by atoms with Crippen LogP contribution < -0.4 is 0 Å². The van der Waals surface area contributed by atoms with Crippen molar-refractivity contribution in [1.29, 1.82) is 0 Å². The average Bonchev–Trinajstić information content (AvgIpc) is 2.73. The third-order valence-corrected chi connectivity index (χ3v) is 4.12. The van der Waals surface area contributed by atoms with Crippen LogP contribution in [0.25, 0.3) is 0 Å². The lowest BCUT2D eigenvalue weighted by molar-refractivity contribution is -0.132. The number of rotatable bonds is 4. The molecule has 1 N–H and O–H groups in total. The van der Waals surface area contributed by atoms with Gasteiger partial charge in [0.2, 0.25) is 5.78 Å². The maximum Gasteiger partial charge on any atom is 0.203 e. The SMILES string of the molecule is CC(=O)C(CC1(C)C2=C(C=CC1O)C(=O)CO2)C(C)=O. The van der Waals surface area contributed by atoms with Gasteiger partial charge in [-0.3, -0.25) is 14.4 Å². The van der Waals surface area contributed by atoms with Gasteiger partial charge in [0, 0.05) is 0 Å². The first-order valence-corrected chi connectivity index (χ1v) is 6.55. The van der Waals surface area contributed by atoms with Crippen LogP contribution in [0.1, 0.15) is 27.2 Å². The molecule has 5 nitrogen and oxygen atoms in total. The summed E-state index contributed by atoms with van der Waals surface area (Å²) in [7, 11) is 0. The lowest BCUT2D eigenvalue weighted by Crippen LogP contribution is -2.40. The normalized spacial score (nSPS) is 28.6. The second kappa shape index (κ2) is 4.98. The molecule has 0 saturated carbocycles. The highest BCUT2D eigenvalue weighted by molar-refractivity contribution is 6.02. The van der Waals surface area contributed by atoms with E-state index >= 15 is 0 Å². The molecule has 0 aromatic rings. The van der Waals surface area contributed by atoms with E-state index in [1.165, 1.54) is 19.9 Å². The summed E-state index contributed by atoms with van der Waals surface area (Å²) in [5, 5.41) is 10.2. The van der Waals surface area contributed by atoms with Crippen molar-refractivity contribution in [1.82, 2.24) is 0 Å². The average molecular weight is 278 g/mol. The van der Waals surface area contributed by atoms with E-state index in [1.807, 2.05) is 0 Å². The van der Waals surface area contributed by atoms with Crippen LogP contribution in [0.4, 0.5) is 0 Å². The number of ketones is 3. The number of carbonyl (C=O) groups excluding carboxylic acids is 3. The highest BCUT2D eigenvalue weighted by Gasteiger charge is 2.47. The van der Waals surface area contributed by atoms with Crippen LogP contribution in [0.3, 0.4) is 0 Å². The van der Waals surface area contributed by atoms with E-state index in [0.717, 1.165) is 0 Å². The fraction of sp³-hybridized carbons (Fsp3) is 0.533. The zero-order valence-electron chi connectivity index (χ0n) is 11.8. The van der Waals surface area contributed by atoms with Crippen molar-refractivity contribution < 1.29 is 24.2 Å². The monoisotopic (exact) mass is 278 g/mol. The van der Waals surface area contributed by atoms with Crippen LogP contribution >= 0.6 is 0 Å². The lowest BCUT2D eigenvalue weighted by atomic mass is 9.70. The van der Waals surface area contributed by atoms with E-state index in [4.69, 9.17) is 4.74 Å². The molecule has 5 heteroatoms. The maximum absolute atomic E-state index is 11.7. The Hall–Kier alpha value is -1.75. The van der Waals surface area contributed by atoms with Gasteiger partial charge in [0.15, 0.2) is 6.61 Å². The van der Waals surface area contributed by atoms with Gasteiger partial charge in [-0.1, -0.05) is 6.08 Å². The van der Waals surface area contributed by atoms with Crippen molar-refractivity contribution in [2.75, 3.05) is 6.61 Å². The summed E-state index contributed by atoms with van der Waals surface area (Å²) in [6.07, 6.45) is 2.31. The Kier molecular flexibility index (Phi) is 3.65. The Bertz CT molecular complexity index is 528. The first-order valence-electron chi connectivity index (χ1n) is 6.55. The molecule has 0 bridgehead atoms. The lowest BCUT2D eigenvalue weighted by Gasteiger charge is -2.37. The number of aliphatic hydroxyl groups excluding tert-OH is 1. The van der Waals surface area contributed by atoms with Crippen LogP contribution in [-0.2, 0) is 19.1 Å². The molecule has 0 saturated heterocycles. The summed E-state index contributed by atoms with van der Waals surface area (Å²) < 4.78 is 5.41. The molecule has 1 heterocycles. The number of ether oxygens (including phenoxy) is 1. The van der Waals surface area contributed by atoms with Crippen molar-refractivity contribution in [3.05, 3.63) is 23.5 Å². The molecule has 1 aliphatic carbocycles. The maximum atomic E-state index is 11.7. The Morgan fingerprint density at radius 2 is 2.05 bits per heavy atom. The van der Waals surface area contributed by atoms with Crippen molar-refractivity contribution in [2.24, 2.45) is 11.3 Å². The molecular weight excluding hydrogens is 260 g/mol. The highest BCUT2D eigenvalue weighted by atomic mass is 16.5. The van der Waals surface area contributed by atoms with Gasteiger partial charge in [-0.15, -0.1) is 0 Å². The summed E-state index contributed by atoms with van der Waals surface area (Å²) in [5.74, 6) is -1.03. The topological polar surface area (TPSA) is 80.7 Å². The van der Waals surface area contributed by atoms with Crippen LogP contribution in [0.5, 0.6) is 0 Å². The Morgan fingerprint density at radius 3 is 2.60 bits per heavy atom. The van der Waals surface area contributed by atoms with Gasteiger partial charge in [0.25, 0.3) is 0 Å². The molecule has 2 atom stereocenters. The molecule has 0 spiro atoms. The molecule has 2 unspecified atom stereocenters. The van der Waals surface area contributed by atoms with E-state index in [-0.39, 0.29) is 30.4 Å². The quantitative estimate of drug-likeness (QED) is 0.775. The molecule has 0 aromatic carbocycles. The number of aliphatic hydroxyl groups is 1. The van der Waals surface area contributed by atoms with Crippen LogP contribution in [-0.4, -0.2) is 35.2 Å². The Labute approximate surface area is 117 Å². The van der Waals surface area contributed by atoms with E-state index < -0.39 is 17.4 Å². The standard InChI is InChI=1S/C15H18O5/c1-8(16)11(9(2)17)6-15(3)13(19)5-4-10-12(18)7-20-14(10)15/h4-5,11,13,19H,6-7H2,1-3H3. The van der Waals surface area contributed by atoms with Crippen LogP contribution in [0.2, 0.25) is 0 Å². The van der Waals surface area contributed by atoms with Crippen molar-refractivity contribution >= 4 is 17.3 Å². The summed E-state index contributed by atoms with van der Waals surface area (Å²) in [5.41, 5.74) is -0.498. The molecule has 108 valence electrons. The van der Waals surface area contributed by atoms with Crippen molar-refractivity contribution in [3.8, 4) is 0 Å². The number of allylic oxidation sites excluding steroid dienone is 1. The zero-order chi connectivity index (χ0) is 15.1. The fourth-order valence-corrected chi connectivity index (χ4v) is 2.81. The van der Waals surface area contributed by atoms with Gasteiger partial charge in [-0.25, -0.2) is 0 Å². The predicted octanol–water partition coefficient (Wildman–Crippen LogP) is 0.961. The molecule has 0 aromatic heterocycles. The summed E-state index contributed by atoms with van der Waals surface area (Å²) >= 11 is 0.